The molecule has 0 aliphatic rings. The summed E-state index contributed by atoms with van der Waals surface area (Å²) in [6, 6.07) is 31.6. The summed E-state index contributed by atoms with van der Waals surface area (Å²) in [6.07, 6.45) is 0. The van der Waals surface area contributed by atoms with Gasteiger partial charge >= 0.3 is 6.92 Å². The van der Waals surface area contributed by atoms with Crippen LogP contribution in [0, 0.1) is 0 Å². The number of para-hydroxylation sites is 1. The molecule has 0 aliphatic heterocycles. The molecule has 0 saturated heterocycles. The normalized spacial score (nSPS) is 11.2. The van der Waals surface area contributed by atoms with E-state index in [0.29, 0.717) is 17.5 Å². The highest BCUT2D eigenvalue weighted by atomic mass is 16.3. The van der Waals surface area contributed by atoms with E-state index in [0.717, 1.165) is 44.1 Å². The smallest absolute Gasteiger partial charge is 0.320 e. The Morgan fingerprint density at radius 3 is 1.97 bits per heavy atom. The molecular weight excluding hydrogens is 421 g/mol. The Bertz CT molecular complexity index is 1640. The molecule has 1 N–H and O–H groups in total. The van der Waals surface area contributed by atoms with Gasteiger partial charge in [-0.1, -0.05) is 85.7 Å². The van der Waals surface area contributed by atoms with Crippen molar-refractivity contribution in [2.75, 3.05) is 0 Å². The molecule has 2 aromatic heterocycles. The molecule has 0 unspecified atom stereocenters. The lowest BCUT2D eigenvalue weighted by molar-refractivity contribution is 0.594. The van der Waals surface area contributed by atoms with E-state index in [4.69, 9.17) is 19.4 Å². The minimum absolute atomic E-state index is 0.552. The molecule has 0 atom stereocenters. The Morgan fingerprint density at radius 2 is 1.21 bits per heavy atom. The minimum atomic E-state index is -0.578. The molecule has 0 fully saturated rings. The van der Waals surface area contributed by atoms with Crippen LogP contribution in [0.25, 0.3) is 56.1 Å². The van der Waals surface area contributed by atoms with Crippen LogP contribution in [0.15, 0.2) is 101 Å². The van der Waals surface area contributed by atoms with Crippen LogP contribution in [0.2, 0.25) is 6.82 Å². The van der Waals surface area contributed by atoms with Crippen molar-refractivity contribution in [3.63, 3.8) is 0 Å². The summed E-state index contributed by atoms with van der Waals surface area (Å²) in [5.74, 6) is 1.71. The Balaban J connectivity index is 1.54. The zero-order valence-electron chi connectivity index (χ0n) is 18.5. The van der Waals surface area contributed by atoms with Gasteiger partial charge in [0.15, 0.2) is 17.5 Å². The zero-order chi connectivity index (χ0) is 23.1. The maximum atomic E-state index is 10.1. The van der Waals surface area contributed by atoms with Crippen LogP contribution in [0.3, 0.4) is 0 Å². The lowest BCUT2D eigenvalue weighted by Gasteiger charge is -2.09. The highest BCUT2D eigenvalue weighted by Gasteiger charge is 2.15. The number of hydrogen-bond acceptors (Lipinski definition) is 5. The molecule has 0 saturated carbocycles. The number of nitrogens with zero attached hydrogens (tertiary/aromatic N) is 3. The van der Waals surface area contributed by atoms with E-state index in [-0.39, 0.29) is 0 Å². The van der Waals surface area contributed by atoms with E-state index in [9.17, 15) is 5.02 Å². The first kappa shape index (κ1) is 20.3. The van der Waals surface area contributed by atoms with Crippen LogP contribution in [0.1, 0.15) is 0 Å². The molecule has 6 heteroatoms. The Kier molecular flexibility index (Phi) is 4.93. The lowest BCUT2D eigenvalue weighted by Crippen LogP contribution is -2.25. The fraction of sp³-hybridized carbons (Fsp3) is 0.0357. The van der Waals surface area contributed by atoms with E-state index in [2.05, 4.69) is 12.1 Å². The first-order chi connectivity index (χ1) is 16.7. The number of benzene rings is 4. The first-order valence-electron chi connectivity index (χ1n) is 11.2. The molecule has 0 aliphatic carbocycles. The molecule has 4 aromatic carbocycles. The fourth-order valence-corrected chi connectivity index (χ4v) is 4.15. The highest BCUT2D eigenvalue weighted by molar-refractivity contribution is 6.64. The second-order valence-corrected chi connectivity index (χ2v) is 8.28. The number of aromatic nitrogens is 3. The summed E-state index contributed by atoms with van der Waals surface area (Å²) < 4.78 is 6.09. The van der Waals surface area contributed by atoms with Gasteiger partial charge in [0.05, 0.1) is 0 Å². The number of furan rings is 1. The third-order valence-corrected chi connectivity index (χ3v) is 5.93. The summed E-state index contributed by atoms with van der Waals surface area (Å²) in [4.78, 5) is 14.4. The molecule has 34 heavy (non-hydrogen) atoms. The van der Waals surface area contributed by atoms with Gasteiger partial charge in [-0.05, 0) is 23.7 Å². The second-order valence-electron chi connectivity index (χ2n) is 8.28. The summed E-state index contributed by atoms with van der Waals surface area (Å²) in [7, 11) is 0. The lowest BCUT2D eigenvalue weighted by atomic mass is 9.64. The Labute approximate surface area is 196 Å². The minimum Gasteiger partial charge on any atom is -0.456 e. The van der Waals surface area contributed by atoms with Crippen LogP contribution in [-0.2, 0) is 0 Å². The van der Waals surface area contributed by atoms with Gasteiger partial charge in [0, 0.05) is 27.5 Å². The predicted octanol–water partition coefficient (Wildman–Crippen LogP) is 5.59. The van der Waals surface area contributed by atoms with Crippen LogP contribution >= 0.6 is 0 Å². The Morgan fingerprint density at radius 1 is 0.588 bits per heavy atom. The monoisotopic (exact) mass is 441 g/mol. The van der Waals surface area contributed by atoms with Gasteiger partial charge in [-0.2, -0.15) is 0 Å². The fourth-order valence-electron chi connectivity index (χ4n) is 4.15. The van der Waals surface area contributed by atoms with Crippen LogP contribution in [-0.4, -0.2) is 26.9 Å². The van der Waals surface area contributed by atoms with Gasteiger partial charge < -0.3 is 9.44 Å². The predicted molar refractivity (Wildman–Crippen MR) is 137 cm³/mol. The van der Waals surface area contributed by atoms with Crippen LogP contribution < -0.4 is 5.46 Å². The molecular formula is C28H20BN3O2. The standard InChI is InChI=1S/C28H20BN3O2/c1-29(33)21-11-7-10-19(16-21)27-30-26(18-8-3-2-4-9-18)31-28(32-27)20-14-15-23-22-12-5-6-13-24(22)34-25(23)17-20/h2-17,33H,1H3. The van der Waals surface area contributed by atoms with Gasteiger partial charge in [0.2, 0.25) is 0 Å². The van der Waals surface area contributed by atoms with Crippen molar-refractivity contribution in [3.8, 4) is 34.2 Å². The largest absolute Gasteiger partial charge is 0.456 e. The summed E-state index contributed by atoms with van der Waals surface area (Å²) in [5.41, 5.74) is 5.03. The van der Waals surface area contributed by atoms with Crippen molar-refractivity contribution in [2.45, 2.75) is 6.82 Å². The van der Waals surface area contributed by atoms with Gasteiger partial charge in [0.25, 0.3) is 0 Å². The van der Waals surface area contributed by atoms with E-state index in [1.807, 2.05) is 84.9 Å². The van der Waals surface area contributed by atoms with Crippen molar-refractivity contribution in [2.24, 2.45) is 0 Å². The Hall–Kier alpha value is -4.29. The second kappa shape index (κ2) is 8.25. The van der Waals surface area contributed by atoms with Crippen molar-refractivity contribution in [1.82, 2.24) is 15.0 Å². The molecule has 0 spiro atoms. The number of fused-ring (bicyclic) bond motifs is 3. The quantitative estimate of drug-likeness (QED) is 0.361. The van der Waals surface area contributed by atoms with Crippen molar-refractivity contribution < 1.29 is 9.44 Å². The van der Waals surface area contributed by atoms with Crippen LogP contribution in [0.4, 0.5) is 0 Å². The average Bonchev–Trinajstić information content (AvgIpc) is 3.27. The SMILES string of the molecule is CB(O)c1cccc(-c2nc(-c3ccccc3)nc(-c3ccc4c(c3)oc3ccccc34)n2)c1. The average molecular weight is 441 g/mol. The molecule has 2 heterocycles. The van der Waals surface area contributed by atoms with Gasteiger partial charge in [-0.15, -0.1) is 0 Å². The maximum absolute atomic E-state index is 10.1. The molecule has 0 radical (unpaired) electrons. The van der Waals surface area contributed by atoms with E-state index >= 15 is 0 Å². The van der Waals surface area contributed by atoms with Gasteiger partial charge in [-0.3, -0.25) is 0 Å². The van der Waals surface area contributed by atoms with E-state index < -0.39 is 6.92 Å². The number of rotatable bonds is 4. The van der Waals surface area contributed by atoms with Crippen molar-refractivity contribution in [3.05, 3.63) is 97.1 Å². The van der Waals surface area contributed by atoms with Crippen molar-refractivity contribution in [1.29, 1.82) is 0 Å². The molecule has 6 aromatic rings. The topological polar surface area (TPSA) is 72.0 Å². The molecule has 0 bridgehead atoms. The van der Waals surface area contributed by atoms with Gasteiger partial charge in [0.1, 0.15) is 11.2 Å². The summed E-state index contributed by atoms with van der Waals surface area (Å²) >= 11 is 0. The molecule has 5 nitrogen and oxygen atoms in total. The molecule has 162 valence electrons. The van der Waals surface area contributed by atoms with Crippen LogP contribution in [0.5, 0.6) is 0 Å². The maximum Gasteiger partial charge on any atom is 0.320 e. The third kappa shape index (κ3) is 3.64. The molecule has 0 amide bonds. The number of hydrogen-bond donors (Lipinski definition) is 1. The van der Waals surface area contributed by atoms with Crippen molar-refractivity contribution >= 4 is 34.3 Å². The first-order valence-corrected chi connectivity index (χ1v) is 11.2. The zero-order valence-corrected chi connectivity index (χ0v) is 18.5. The highest BCUT2D eigenvalue weighted by Crippen LogP contribution is 2.32. The van der Waals surface area contributed by atoms with E-state index in [1.54, 1.807) is 6.82 Å². The van der Waals surface area contributed by atoms with Gasteiger partial charge in [-0.25, -0.2) is 15.0 Å². The summed E-state index contributed by atoms with van der Waals surface area (Å²) in [5, 5.41) is 12.2. The third-order valence-electron chi connectivity index (χ3n) is 5.93. The summed E-state index contributed by atoms with van der Waals surface area (Å²) in [6.45, 7) is 1.17. The molecule has 6 rings (SSSR count). The van der Waals surface area contributed by atoms with E-state index in [1.165, 1.54) is 0 Å².